The van der Waals surface area contributed by atoms with Gasteiger partial charge in [-0.15, -0.1) is 11.3 Å². The van der Waals surface area contributed by atoms with Gasteiger partial charge in [-0.1, -0.05) is 0 Å². The van der Waals surface area contributed by atoms with Crippen LogP contribution in [-0.4, -0.2) is 4.98 Å². The molecular weight excluding hydrogens is 296 g/mol. The zero-order valence-electron chi connectivity index (χ0n) is 9.85. The predicted molar refractivity (Wildman–Crippen MR) is 80.4 cm³/mol. The maximum absolute atomic E-state index is 11.5. The van der Waals surface area contributed by atoms with Gasteiger partial charge in [0.25, 0.3) is 5.03 Å². The summed E-state index contributed by atoms with van der Waals surface area (Å²) in [6, 6.07) is 7.50. The van der Waals surface area contributed by atoms with Crippen LogP contribution in [0.25, 0.3) is 10.6 Å². The average Bonchev–Trinajstić information content (AvgIpc) is 3.09. The molecule has 3 heterocycles. The van der Waals surface area contributed by atoms with Gasteiger partial charge in [0.2, 0.25) is 0 Å². The lowest BCUT2D eigenvalue weighted by Gasteiger charge is -2.01. The molecule has 3 aromatic rings. The molecule has 0 unspecified atom stereocenters. The summed E-state index contributed by atoms with van der Waals surface area (Å²) in [5.41, 5.74) is 2.19. The van der Waals surface area contributed by atoms with Crippen molar-refractivity contribution < 1.29 is 4.73 Å². The number of hydrogen-bond acceptors (Lipinski definition) is 5. The number of thioether (sulfide) groups is 1. The Morgan fingerprint density at radius 1 is 1.26 bits per heavy atom. The highest BCUT2D eigenvalue weighted by Gasteiger charge is 2.08. The van der Waals surface area contributed by atoms with Gasteiger partial charge >= 0.3 is 0 Å². The Labute approximate surface area is 123 Å². The molecule has 0 aromatic carbocycles. The molecule has 6 heteroatoms. The standard InChI is InChI=1S/C13H10N2OS3/c16-15-5-2-1-3-12(15)18-8-11-9-19-13(14-11)10-4-6-17-7-10/h1-7,9H,8H2. The van der Waals surface area contributed by atoms with Gasteiger partial charge < -0.3 is 5.21 Å². The fourth-order valence-corrected chi connectivity index (χ4v) is 4.01. The minimum absolute atomic E-state index is 0.701. The van der Waals surface area contributed by atoms with E-state index in [0.717, 1.165) is 15.4 Å². The summed E-state index contributed by atoms with van der Waals surface area (Å²) in [5.74, 6) is 0.715. The summed E-state index contributed by atoms with van der Waals surface area (Å²) < 4.78 is 0.886. The van der Waals surface area contributed by atoms with Crippen LogP contribution in [0, 0.1) is 5.21 Å². The van der Waals surface area contributed by atoms with E-state index < -0.39 is 0 Å². The van der Waals surface area contributed by atoms with Crippen LogP contribution in [0.4, 0.5) is 0 Å². The summed E-state index contributed by atoms with van der Waals surface area (Å²) >= 11 is 4.82. The monoisotopic (exact) mass is 306 g/mol. The van der Waals surface area contributed by atoms with Crippen LogP contribution >= 0.6 is 34.4 Å². The average molecular weight is 306 g/mol. The van der Waals surface area contributed by atoms with E-state index in [-0.39, 0.29) is 0 Å². The first-order valence-corrected chi connectivity index (χ1v) is 8.42. The summed E-state index contributed by atoms with van der Waals surface area (Å²) in [5, 5.41) is 19.5. The minimum Gasteiger partial charge on any atom is -0.618 e. The Kier molecular flexibility index (Phi) is 3.82. The lowest BCUT2D eigenvalue weighted by Crippen LogP contribution is -2.27. The molecule has 0 aliphatic rings. The number of hydrogen-bond donors (Lipinski definition) is 0. The van der Waals surface area contributed by atoms with Gasteiger partial charge in [0, 0.05) is 34.2 Å². The molecule has 0 amide bonds. The molecule has 0 aliphatic heterocycles. The van der Waals surface area contributed by atoms with Crippen LogP contribution in [-0.2, 0) is 5.75 Å². The Balaban J connectivity index is 1.70. The molecule has 0 fully saturated rings. The molecule has 0 saturated carbocycles. The van der Waals surface area contributed by atoms with Crippen molar-refractivity contribution in [3.05, 3.63) is 57.5 Å². The van der Waals surface area contributed by atoms with Crippen molar-refractivity contribution in [1.82, 2.24) is 4.98 Å². The summed E-state index contributed by atoms with van der Waals surface area (Å²) in [6.07, 6.45) is 1.51. The molecule has 0 aliphatic carbocycles. The van der Waals surface area contributed by atoms with E-state index >= 15 is 0 Å². The number of rotatable bonds is 4. The fourth-order valence-electron chi connectivity index (χ4n) is 1.56. The second kappa shape index (κ2) is 5.73. The van der Waals surface area contributed by atoms with Crippen molar-refractivity contribution in [3.8, 4) is 10.6 Å². The van der Waals surface area contributed by atoms with Gasteiger partial charge in [-0.25, -0.2) is 4.98 Å². The lowest BCUT2D eigenvalue weighted by molar-refractivity contribution is -0.645. The first kappa shape index (κ1) is 12.7. The maximum Gasteiger partial charge on any atom is 0.251 e. The summed E-state index contributed by atoms with van der Waals surface area (Å²) in [7, 11) is 0. The zero-order chi connectivity index (χ0) is 13.1. The van der Waals surface area contributed by atoms with Crippen LogP contribution in [0.5, 0.6) is 0 Å². The van der Waals surface area contributed by atoms with Gasteiger partial charge in [0.1, 0.15) is 5.01 Å². The molecule has 0 bridgehead atoms. The van der Waals surface area contributed by atoms with Crippen molar-refractivity contribution in [2.75, 3.05) is 0 Å². The topological polar surface area (TPSA) is 39.8 Å². The highest BCUT2D eigenvalue weighted by molar-refractivity contribution is 7.98. The largest absolute Gasteiger partial charge is 0.618 e. The van der Waals surface area contributed by atoms with Crippen LogP contribution < -0.4 is 4.73 Å². The summed E-state index contributed by atoms with van der Waals surface area (Å²) in [4.78, 5) is 4.59. The molecule has 0 spiro atoms. The smallest absolute Gasteiger partial charge is 0.251 e. The van der Waals surface area contributed by atoms with Gasteiger partial charge in [-0.2, -0.15) is 16.1 Å². The molecule has 19 heavy (non-hydrogen) atoms. The number of thiazole rings is 1. The number of pyridine rings is 1. The lowest BCUT2D eigenvalue weighted by atomic mass is 10.4. The molecular formula is C13H10N2OS3. The van der Waals surface area contributed by atoms with Crippen molar-refractivity contribution >= 4 is 34.4 Å². The van der Waals surface area contributed by atoms with Crippen molar-refractivity contribution in [1.29, 1.82) is 0 Å². The van der Waals surface area contributed by atoms with E-state index in [0.29, 0.717) is 10.8 Å². The van der Waals surface area contributed by atoms with Gasteiger partial charge in [0.15, 0.2) is 6.20 Å². The molecule has 0 atom stereocenters. The van der Waals surface area contributed by atoms with E-state index in [1.54, 1.807) is 28.7 Å². The van der Waals surface area contributed by atoms with Crippen LogP contribution in [0.1, 0.15) is 5.69 Å². The van der Waals surface area contributed by atoms with Crippen LogP contribution in [0.15, 0.2) is 51.6 Å². The Morgan fingerprint density at radius 2 is 2.21 bits per heavy atom. The number of aromatic nitrogens is 2. The predicted octanol–water partition coefficient (Wildman–Crippen LogP) is 3.80. The van der Waals surface area contributed by atoms with Crippen molar-refractivity contribution in [2.24, 2.45) is 0 Å². The maximum atomic E-state index is 11.5. The molecule has 3 rings (SSSR count). The quantitative estimate of drug-likeness (QED) is 0.418. The van der Waals surface area contributed by atoms with Gasteiger partial charge in [0.05, 0.1) is 5.69 Å². The third-order valence-corrected chi connectivity index (χ3v) is 5.15. The molecule has 96 valence electrons. The van der Waals surface area contributed by atoms with E-state index in [1.807, 2.05) is 12.1 Å². The molecule has 3 nitrogen and oxygen atoms in total. The van der Waals surface area contributed by atoms with Crippen LogP contribution in [0.2, 0.25) is 0 Å². The van der Waals surface area contributed by atoms with Crippen molar-refractivity contribution in [3.63, 3.8) is 0 Å². The SMILES string of the molecule is [O-][n+]1ccccc1SCc1csc(-c2ccsc2)n1. The minimum atomic E-state index is 0.701. The van der Waals surface area contributed by atoms with Crippen LogP contribution in [0.3, 0.4) is 0 Å². The Bertz CT molecular complexity index is 664. The van der Waals surface area contributed by atoms with E-state index in [1.165, 1.54) is 23.5 Å². The summed E-state index contributed by atoms with van der Waals surface area (Å²) in [6.45, 7) is 0. The second-order valence-corrected chi connectivity index (χ2v) is 6.44. The first-order valence-electron chi connectivity index (χ1n) is 5.61. The Hall–Kier alpha value is -1.37. The number of thiophene rings is 1. The second-order valence-electron chi connectivity index (χ2n) is 3.81. The fraction of sp³-hybridized carbons (Fsp3) is 0.0769. The molecule has 0 N–H and O–H groups in total. The normalized spacial score (nSPS) is 10.7. The van der Waals surface area contributed by atoms with E-state index in [2.05, 4.69) is 27.2 Å². The third kappa shape index (κ3) is 2.97. The number of nitrogens with zero attached hydrogens (tertiary/aromatic N) is 2. The highest BCUT2D eigenvalue weighted by Crippen LogP contribution is 2.28. The third-order valence-electron chi connectivity index (χ3n) is 2.48. The zero-order valence-corrected chi connectivity index (χ0v) is 12.3. The first-order chi connectivity index (χ1) is 9.33. The molecule has 0 saturated heterocycles. The van der Waals surface area contributed by atoms with E-state index in [4.69, 9.17) is 0 Å². The van der Waals surface area contributed by atoms with Gasteiger partial charge in [-0.3, -0.25) is 0 Å². The Morgan fingerprint density at radius 3 is 3.00 bits per heavy atom. The van der Waals surface area contributed by atoms with E-state index in [9.17, 15) is 5.21 Å². The van der Waals surface area contributed by atoms with Crippen molar-refractivity contribution in [2.45, 2.75) is 10.8 Å². The highest BCUT2D eigenvalue weighted by atomic mass is 32.2. The molecule has 3 aromatic heterocycles. The molecule has 0 radical (unpaired) electrons. The van der Waals surface area contributed by atoms with Gasteiger partial charge in [-0.05, 0) is 29.3 Å².